The number of nitrogens with zero attached hydrogens (tertiary/aromatic N) is 7. The van der Waals surface area contributed by atoms with Gasteiger partial charge in [0.15, 0.2) is 23.1 Å². The maximum absolute atomic E-state index is 14.7. The number of aromatic nitrogens is 6. The summed E-state index contributed by atoms with van der Waals surface area (Å²) in [5.74, 6) is -3.14. The molecule has 204 valence electrons. The Hall–Kier alpha value is -4.29. The third-order valence-electron chi connectivity index (χ3n) is 7.11. The van der Waals surface area contributed by atoms with E-state index in [4.69, 9.17) is 23.1 Å². The Balaban J connectivity index is 1.44. The molecule has 0 spiro atoms. The van der Waals surface area contributed by atoms with Crippen LogP contribution in [0, 0.1) is 17.5 Å². The molecule has 0 amide bonds. The molecule has 1 fully saturated rings. The molecule has 40 heavy (non-hydrogen) atoms. The Kier molecular flexibility index (Phi) is 6.51. The Morgan fingerprint density at radius 3 is 2.65 bits per heavy atom. The molecular weight excluding hydrogens is 543 g/mol. The summed E-state index contributed by atoms with van der Waals surface area (Å²) in [5.41, 5.74) is 15.1. The van der Waals surface area contributed by atoms with Crippen molar-refractivity contribution in [3.05, 3.63) is 89.1 Å². The number of rotatable bonds is 5. The number of halogens is 4. The van der Waals surface area contributed by atoms with Crippen LogP contribution in [0.5, 0.6) is 0 Å². The van der Waals surface area contributed by atoms with Gasteiger partial charge in [0, 0.05) is 24.7 Å². The molecule has 0 aliphatic carbocycles. The van der Waals surface area contributed by atoms with Crippen molar-refractivity contribution in [1.82, 2.24) is 29.5 Å². The molecular formula is C27H23ClF3N9. The first kappa shape index (κ1) is 26.0. The topological polar surface area (TPSA) is 125 Å². The fourth-order valence-corrected chi connectivity index (χ4v) is 5.31. The number of nitrogen functional groups attached to an aromatic ring is 1. The van der Waals surface area contributed by atoms with Crippen molar-refractivity contribution < 1.29 is 13.2 Å². The lowest BCUT2D eigenvalue weighted by molar-refractivity contribution is 0.345. The fraction of sp³-hybridized carbons (Fsp3) is 0.222. The zero-order valence-electron chi connectivity index (χ0n) is 21.0. The molecule has 4 aromatic heterocycles. The Labute approximate surface area is 231 Å². The first-order chi connectivity index (χ1) is 19.2. The average molecular weight is 566 g/mol. The summed E-state index contributed by atoms with van der Waals surface area (Å²) in [7, 11) is 0. The standard InChI is InChI=1S/C27H23ClF3N9/c28-23-4-1-3-22(38-23)27(33)5-2-6-39(12-27)21-10-34-20(16-8-18(30)19(31)9-17(16)29)7-15(21)11-40-14-37-24-25(32)35-13-36-26(24)40/h1,3-4,7-10,13-14H,2,5-6,11-12,33H2,(H2,32,35,36)/t27-/m1/s1. The van der Waals surface area contributed by atoms with Crippen LogP contribution in [-0.4, -0.2) is 42.6 Å². The summed E-state index contributed by atoms with van der Waals surface area (Å²) < 4.78 is 44.2. The second-order valence-corrected chi connectivity index (χ2v) is 10.2. The number of hydrogen-bond acceptors (Lipinski definition) is 8. The molecule has 1 saturated heterocycles. The number of nitrogens with two attached hydrogens (primary N) is 2. The van der Waals surface area contributed by atoms with Crippen molar-refractivity contribution in [3.8, 4) is 11.3 Å². The van der Waals surface area contributed by atoms with Crippen molar-refractivity contribution in [3.63, 3.8) is 0 Å². The SMILES string of the molecule is Nc1ncnc2c1ncn2Cc1cc(-c2cc(F)c(F)cc2F)ncc1N1CCC[C@](N)(c2cccc(Cl)n2)C1. The molecule has 1 aliphatic heterocycles. The average Bonchev–Trinajstić information content (AvgIpc) is 3.35. The lowest BCUT2D eigenvalue weighted by Gasteiger charge is -2.41. The van der Waals surface area contributed by atoms with E-state index in [-0.39, 0.29) is 23.6 Å². The van der Waals surface area contributed by atoms with Gasteiger partial charge in [0.2, 0.25) is 0 Å². The van der Waals surface area contributed by atoms with Crippen LogP contribution in [0.2, 0.25) is 5.15 Å². The molecule has 9 nitrogen and oxygen atoms in total. The van der Waals surface area contributed by atoms with E-state index in [0.29, 0.717) is 53.2 Å². The summed E-state index contributed by atoms with van der Waals surface area (Å²) in [6.07, 6.45) is 5.97. The first-order valence-electron chi connectivity index (χ1n) is 12.4. The van der Waals surface area contributed by atoms with Crippen LogP contribution in [0.25, 0.3) is 22.4 Å². The molecule has 1 aromatic carbocycles. The highest BCUT2D eigenvalue weighted by atomic mass is 35.5. The minimum Gasteiger partial charge on any atom is -0.382 e. The summed E-state index contributed by atoms with van der Waals surface area (Å²) in [5, 5.41) is 0.355. The number of imidazole rings is 1. The number of piperidine rings is 1. The van der Waals surface area contributed by atoms with E-state index in [0.717, 1.165) is 18.2 Å². The highest BCUT2D eigenvalue weighted by Crippen LogP contribution is 2.35. The Morgan fingerprint density at radius 1 is 1.00 bits per heavy atom. The molecule has 5 heterocycles. The normalized spacial score (nSPS) is 17.5. The van der Waals surface area contributed by atoms with Gasteiger partial charge in [-0.05, 0) is 42.7 Å². The van der Waals surface area contributed by atoms with Crippen molar-refractivity contribution in [2.24, 2.45) is 5.73 Å². The molecule has 0 unspecified atom stereocenters. The predicted octanol–water partition coefficient (Wildman–Crippen LogP) is 4.44. The van der Waals surface area contributed by atoms with E-state index in [2.05, 4.69) is 29.8 Å². The van der Waals surface area contributed by atoms with Crippen LogP contribution in [-0.2, 0) is 12.1 Å². The molecule has 0 bridgehead atoms. The van der Waals surface area contributed by atoms with Crippen molar-refractivity contribution in [2.75, 3.05) is 23.7 Å². The van der Waals surface area contributed by atoms with Crippen molar-refractivity contribution >= 4 is 34.3 Å². The van der Waals surface area contributed by atoms with E-state index < -0.39 is 23.0 Å². The van der Waals surface area contributed by atoms with E-state index >= 15 is 0 Å². The minimum absolute atomic E-state index is 0.140. The monoisotopic (exact) mass is 565 g/mol. The molecule has 1 atom stereocenters. The molecule has 13 heteroatoms. The van der Waals surface area contributed by atoms with Crippen LogP contribution < -0.4 is 16.4 Å². The van der Waals surface area contributed by atoms with Gasteiger partial charge in [-0.1, -0.05) is 17.7 Å². The quantitative estimate of drug-likeness (QED) is 0.237. The molecule has 4 N–H and O–H groups in total. The maximum atomic E-state index is 14.7. The lowest BCUT2D eigenvalue weighted by Crippen LogP contribution is -2.52. The van der Waals surface area contributed by atoms with E-state index in [1.807, 2.05) is 12.1 Å². The van der Waals surface area contributed by atoms with E-state index in [1.54, 1.807) is 29.2 Å². The van der Waals surface area contributed by atoms with Crippen molar-refractivity contribution in [2.45, 2.75) is 24.9 Å². The van der Waals surface area contributed by atoms with E-state index in [1.165, 1.54) is 6.33 Å². The Bertz CT molecular complexity index is 1740. The highest BCUT2D eigenvalue weighted by Gasteiger charge is 2.36. The summed E-state index contributed by atoms with van der Waals surface area (Å²) in [6, 6.07) is 8.31. The van der Waals surface area contributed by atoms with Gasteiger partial charge in [-0.2, -0.15) is 0 Å². The van der Waals surface area contributed by atoms with Gasteiger partial charge in [-0.25, -0.2) is 33.1 Å². The summed E-state index contributed by atoms with van der Waals surface area (Å²) in [4.78, 5) is 23.6. The Morgan fingerprint density at radius 2 is 1.82 bits per heavy atom. The van der Waals surface area contributed by atoms with Gasteiger partial charge >= 0.3 is 0 Å². The summed E-state index contributed by atoms with van der Waals surface area (Å²) >= 11 is 6.15. The van der Waals surface area contributed by atoms with Crippen LogP contribution in [0.3, 0.4) is 0 Å². The van der Waals surface area contributed by atoms with Gasteiger partial charge in [-0.15, -0.1) is 0 Å². The number of fused-ring (bicyclic) bond motifs is 1. The third kappa shape index (κ3) is 4.69. The second-order valence-electron chi connectivity index (χ2n) is 9.77. The van der Waals surface area contributed by atoms with Gasteiger partial charge in [0.25, 0.3) is 0 Å². The van der Waals surface area contributed by atoms with Crippen LogP contribution in [0.15, 0.2) is 55.2 Å². The fourth-order valence-electron chi connectivity index (χ4n) is 5.15. The molecule has 6 rings (SSSR count). The van der Waals surface area contributed by atoms with Gasteiger partial charge in [-0.3, -0.25) is 4.98 Å². The van der Waals surface area contributed by atoms with Gasteiger partial charge in [0.1, 0.15) is 22.8 Å². The van der Waals surface area contributed by atoms with Crippen molar-refractivity contribution in [1.29, 1.82) is 0 Å². The minimum atomic E-state index is -1.28. The van der Waals surface area contributed by atoms with E-state index in [9.17, 15) is 13.2 Å². The smallest absolute Gasteiger partial charge is 0.165 e. The highest BCUT2D eigenvalue weighted by molar-refractivity contribution is 6.29. The lowest BCUT2D eigenvalue weighted by atomic mass is 9.86. The zero-order chi connectivity index (χ0) is 28.0. The summed E-state index contributed by atoms with van der Waals surface area (Å²) in [6.45, 7) is 1.33. The number of hydrogen-bond donors (Lipinski definition) is 2. The number of pyridine rings is 2. The third-order valence-corrected chi connectivity index (χ3v) is 7.32. The number of benzene rings is 1. The predicted molar refractivity (Wildman–Crippen MR) is 145 cm³/mol. The van der Waals surface area contributed by atoms with Crippen LogP contribution >= 0.6 is 11.6 Å². The van der Waals surface area contributed by atoms with Gasteiger partial charge < -0.3 is 20.9 Å². The molecule has 5 aromatic rings. The molecule has 0 saturated carbocycles. The molecule has 1 aliphatic rings. The second kappa shape index (κ2) is 10.0. The van der Waals surface area contributed by atoms with Crippen LogP contribution in [0.1, 0.15) is 24.1 Å². The maximum Gasteiger partial charge on any atom is 0.165 e. The van der Waals surface area contributed by atoms with Gasteiger partial charge in [0.05, 0.1) is 41.7 Å². The zero-order valence-corrected chi connectivity index (χ0v) is 21.8. The first-order valence-corrected chi connectivity index (χ1v) is 12.8. The largest absolute Gasteiger partial charge is 0.382 e. The number of anilines is 2. The van der Waals surface area contributed by atoms with Crippen LogP contribution in [0.4, 0.5) is 24.7 Å². The molecule has 0 radical (unpaired) electrons.